The zero-order valence-corrected chi connectivity index (χ0v) is 11.6. The summed E-state index contributed by atoms with van der Waals surface area (Å²) in [7, 11) is 0. The van der Waals surface area contributed by atoms with Gasteiger partial charge in [0, 0.05) is 24.7 Å². The first kappa shape index (κ1) is 15.5. The van der Waals surface area contributed by atoms with Crippen LogP contribution in [0.4, 0.5) is 4.79 Å². The summed E-state index contributed by atoms with van der Waals surface area (Å²) < 4.78 is 0. The highest BCUT2D eigenvalue weighted by Gasteiger charge is 2.09. The molecule has 0 aliphatic rings. The molecule has 1 aromatic carbocycles. The molecule has 2 amide bonds. The van der Waals surface area contributed by atoms with Gasteiger partial charge in [-0.1, -0.05) is 29.8 Å². The second-order valence-corrected chi connectivity index (χ2v) is 4.50. The smallest absolute Gasteiger partial charge is 0.317 e. The Morgan fingerprint density at radius 3 is 2.68 bits per heavy atom. The number of carbonyl (C=O) groups is 1. The predicted molar refractivity (Wildman–Crippen MR) is 77.4 cm³/mol. The van der Waals surface area contributed by atoms with Crippen molar-refractivity contribution in [2.24, 2.45) is 0 Å². The summed E-state index contributed by atoms with van der Waals surface area (Å²) >= 11 is 5.80. The number of rotatable bonds is 7. The normalized spacial score (nSPS) is 10.0. The fourth-order valence-electron chi connectivity index (χ4n) is 1.63. The number of hydrogen-bond acceptors (Lipinski definition) is 2. The van der Waals surface area contributed by atoms with Crippen LogP contribution in [-0.2, 0) is 6.42 Å². The Hall–Kier alpha value is -1.52. The molecule has 0 saturated carbocycles. The number of urea groups is 1. The first-order valence-corrected chi connectivity index (χ1v) is 6.54. The van der Waals surface area contributed by atoms with Gasteiger partial charge in [-0.25, -0.2) is 4.79 Å². The highest BCUT2D eigenvalue weighted by atomic mass is 35.5. The van der Waals surface area contributed by atoms with E-state index in [0.717, 1.165) is 12.0 Å². The summed E-state index contributed by atoms with van der Waals surface area (Å²) in [6.45, 7) is 4.80. The van der Waals surface area contributed by atoms with Crippen molar-refractivity contribution in [3.8, 4) is 0 Å². The molecule has 1 aromatic rings. The van der Waals surface area contributed by atoms with Gasteiger partial charge in [-0.15, -0.1) is 6.58 Å². The molecule has 19 heavy (non-hydrogen) atoms. The lowest BCUT2D eigenvalue weighted by atomic mass is 10.1. The molecule has 0 aliphatic heterocycles. The molecule has 0 radical (unpaired) electrons. The van der Waals surface area contributed by atoms with Crippen LogP contribution in [0.3, 0.4) is 0 Å². The lowest BCUT2D eigenvalue weighted by Crippen LogP contribution is -2.42. The molecular formula is C14H19ClN2O2. The number of aliphatic hydroxyl groups excluding tert-OH is 1. The fourth-order valence-corrected chi connectivity index (χ4v) is 1.75. The maximum absolute atomic E-state index is 11.8. The van der Waals surface area contributed by atoms with Crippen molar-refractivity contribution in [3.05, 3.63) is 47.5 Å². The number of carbonyl (C=O) groups excluding carboxylic acids is 1. The van der Waals surface area contributed by atoms with Gasteiger partial charge in [0.15, 0.2) is 0 Å². The molecule has 104 valence electrons. The van der Waals surface area contributed by atoms with Crippen molar-refractivity contribution in [3.63, 3.8) is 0 Å². The number of hydrogen-bond donors (Lipinski definition) is 2. The molecule has 0 bridgehead atoms. The van der Waals surface area contributed by atoms with Crippen LogP contribution < -0.4 is 5.32 Å². The predicted octanol–water partition coefficient (Wildman–Crippen LogP) is 2.07. The number of nitrogens with zero attached hydrogens (tertiary/aromatic N) is 1. The van der Waals surface area contributed by atoms with E-state index < -0.39 is 0 Å². The van der Waals surface area contributed by atoms with Crippen LogP contribution in [0.5, 0.6) is 0 Å². The molecule has 0 aromatic heterocycles. The Bertz CT molecular complexity index is 406. The Morgan fingerprint density at radius 2 is 2.11 bits per heavy atom. The molecule has 0 spiro atoms. The van der Waals surface area contributed by atoms with Gasteiger partial charge >= 0.3 is 6.03 Å². The number of aliphatic hydroxyl groups is 1. The van der Waals surface area contributed by atoms with Gasteiger partial charge in [-0.2, -0.15) is 0 Å². The third kappa shape index (κ3) is 5.77. The van der Waals surface area contributed by atoms with Gasteiger partial charge in [0.05, 0.1) is 6.61 Å². The van der Waals surface area contributed by atoms with Gasteiger partial charge in [-0.3, -0.25) is 0 Å². The SMILES string of the molecule is C=CCN(CCO)C(=O)NCCc1ccc(Cl)cc1. The second-order valence-electron chi connectivity index (χ2n) is 4.07. The Kier molecular flexibility index (Phi) is 7.00. The molecule has 0 fully saturated rings. The Morgan fingerprint density at radius 1 is 1.42 bits per heavy atom. The summed E-state index contributed by atoms with van der Waals surface area (Å²) in [5, 5.41) is 12.4. The molecule has 0 unspecified atom stereocenters. The van der Waals surface area contributed by atoms with Gasteiger partial charge in [0.1, 0.15) is 0 Å². The third-order valence-electron chi connectivity index (χ3n) is 2.61. The highest BCUT2D eigenvalue weighted by Crippen LogP contribution is 2.09. The van der Waals surface area contributed by atoms with Gasteiger partial charge in [-0.05, 0) is 24.1 Å². The van der Waals surface area contributed by atoms with Gasteiger partial charge < -0.3 is 15.3 Å². The maximum atomic E-state index is 11.8. The lowest BCUT2D eigenvalue weighted by Gasteiger charge is -2.20. The van der Waals surface area contributed by atoms with Crippen LogP contribution in [0.15, 0.2) is 36.9 Å². The Balaban J connectivity index is 2.36. The van der Waals surface area contributed by atoms with E-state index in [-0.39, 0.29) is 12.6 Å². The van der Waals surface area contributed by atoms with Crippen molar-refractivity contribution in [2.45, 2.75) is 6.42 Å². The van der Waals surface area contributed by atoms with Crippen LogP contribution in [0, 0.1) is 0 Å². The maximum Gasteiger partial charge on any atom is 0.317 e. The van der Waals surface area contributed by atoms with E-state index in [1.807, 2.05) is 24.3 Å². The zero-order chi connectivity index (χ0) is 14.1. The van der Waals surface area contributed by atoms with Gasteiger partial charge in [0.2, 0.25) is 0 Å². The largest absolute Gasteiger partial charge is 0.395 e. The van der Waals surface area contributed by atoms with E-state index in [2.05, 4.69) is 11.9 Å². The molecule has 0 heterocycles. The molecule has 5 heteroatoms. The van der Waals surface area contributed by atoms with Crippen LogP contribution in [0.25, 0.3) is 0 Å². The number of amides is 2. The van der Waals surface area contributed by atoms with Crippen molar-refractivity contribution < 1.29 is 9.90 Å². The average Bonchev–Trinajstić information content (AvgIpc) is 2.40. The van der Waals surface area contributed by atoms with Crippen LogP contribution in [0.1, 0.15) is 5.56 Å². The average molecular weight is 283 g/mol. The van der Waals surface area contributed by atoms with Crippen molar-refractivity contribution in [2.75, 3.05) is 26.2 Å². The van der Waals surface area contributed by atoms with E-state index in [9.17, 15) is 4.79 Å². The molecule has 0 saturated heterocycles. The molecule has 2 N–H and O–H groups in total. The minimum atomic E-state index is -0.192. The van der Waals surface area contributed by atoms with Gasteiger partial charge in [0.25, 0.3) is 0 Å². The molecule has 0 atom stereocenters. The van der Waals surface area contributed by atoms with E-state index in [4.69, 9.17) is 16.7 Å². The standard InChI is InChI=1S/C14H19ClN2O2/c1-2-9-17(10-11-18)14(19)16-8-7-12-3-5-13(15)6-4-12/h2-6,18H,1,7-11H2,(H,16,19). The summed E-state index contributed by atoms with van der Waals surface area (Å²) in [5.41, 5.74) is 1.11. The summed E-state index contributed by atoms with van der Waals surface area (Å²) in [6.07, 6.45) is 2.37. The summed E-state index contributed by atoms with van der Waals surface area (Å²) in [5.74, 6) is 0. The van der Waals surface area contributed by atoms with Crippen molar-refractivity contribution in [1.82, 2.24) is 10.2 Å². The number of halogens is 1. The molecule has 4 nitrogen and oxygen atoms in total. The lowest BCUT2D eigenvalue weighted by molar-refractivity contribution is 0.184. The highest BCUT2D eigenvalue weighted by molar-refractivity contribution is 6.30. The van der Waals surface area contributed by atoms with Crippen molar-refractivity contribution >= 4 is 17.6 Å². The molecule has 1 rings (SSSR count). The third-order valence-corrected chi connectivity index (χ3v) is 2.86. The Labute approximate surface area is 118 Å². The van der Waals surface area contributed by atoms with E-state index in [1.54, 1.807) is 6.08 Å². The van der Waals surface area contributed by atoms with E-state index >= 15 is 0 Å². The summed E-state index contributed by atoms with van der Waals surface area (Å²) in [6, 6.07) is 7.33. The van der Waals surface area contributed by atoms with Crippen LogP contribution in [0.2, 0.25) is 5.02 Å². The number of benzene rings is 1. The zero-order valence-electron chi connectivity index (χ0n) is 10.8. The second kappa shape index (κ2) is 8.56. The first-order valence-electron chi connectivity index (χ1n) is 6.16. The molecule has 0 aliphatic carbocycles. The van der Waals surface area contributed by atoms with Crippen molar-refractivity contribution in [1.29, 1.82) is 0 Å². The first-order chi connectivity index (χ1) is 9.17. The number of nitrogens with one attached hydrogen (secondary N) is 1. The van der Waals surface area contributed by atoms with E-state index in [1.165, 1.54) is 4.90 Å². The quantitative estimate of drug-likeness (QED) is 0.752. The van der Waals surface area contributed by atoms with Crippen LogP contribution in [-0.4, -0.2) is 42.3 Å². The summed E-state index contributed by atoms with van der Waals surface area (Å²) in [4.78, 5) is 13.3. The topological polar surface area (TPSA) is 52.6 Å². The monoisotopic (exact) mass is 282 g/mol. The molecular weight excluding hydrogens is 264 g/mol. The fraction of sp³-hybridized carbons (Fsp3) is 0.357. The van der Waals surface area contributed by atoms with Crippen LogP contribution >= 0.6 is 11.6 Å². The van der Waals surface area contributed by atoms with E-state index in [0.29, 0.717) is 24.7 Å². The minimum Gasteiger partial charge on any atom is -0.395 e. The minimum absolute atomic E-state index is 0.0571.